The predicted octanol–water partition coefficient (Wildman–Crippen LogP) is 2.73. The van der Waals surface area contributed by atoms with Crippen LogP contribution in [0.2, 0.25) is 19.1 Å². The van der Waals surface area contributed by atoms with E-state index < -0.39 is 8.07 Å². The Balaban J connectivity index is 2.14. The van der Waals surface area contributed by atoms with Crippen LogP contribution in [0.4, 0.5) is 0 Å². The molecule has 0 spiro atoms. The first-order valence-electron chi connectivity index (χ1n) is 6.77. The Morgan fingerprint density at radius 1 is 1.39 bits per heavy atom. The second-order valence-corrected chi connectivity index (χ2v) is 10.5. The van der Waals surface area contributed by atoms with Gasteiger partial charge >= 0.3 is 5.97 Å². The summed E-state index contributed by atoms with van der Waals surface area (Å²) in [5, 5.41) is 1.57. The zero-order valence-electron chi connectivity index (χ0n) is 11.5. The average Bonchev–Trinajstić information content (AvgIpc) is 2.28. The molecule has 0 N–H and O–H groups in total. The molecule has 0 aromatic heterocycles. The van der Waals surface area contributed by atoms with Gasteiger partial charge in [0, 0.05) is 6.42 Å². The average molecular weight is 262 g/mol. The number of carbonyl (C=O) groups excluding carboxylic acids is 1. The highest BCUT2D eigenvalue weighted by Gasteiger charge is 2.35. The molecule has 1 aromatic carbocycles. The summed E-state index contributed by atoms with van der Waals surface area (Å²) in [5.41, 5.74) is 1.45. The second kappa shape index (κ2) is 5.27. The first-order valence-corrected chi connectivity index (χ1v) is 9.97. The number of esters is 1. The Labute approximate surface area is 110 Å². The van der Waals surface area contributed by atoms with Gasteiger partial charge in [0.05, 0.1) is 14.7 Å². The molecule has 1 atom stereocenters. The van der Waals surface area contributed by atoms with Gasteiger partial charge in [-0.15, -0.1) is 0 Å². The van der Waals surface area contributed by atoms with Crippen molar-refractivity contribution in [2.45, 2.75) is 38.9 Å². The summed E-state index contributed by atoms with van der Waals surface area (Å²) >= 11 is 0. The molecule has 98 valence electrons. The molecule has 0 radical (unpaired) electrons. The van der Waals surface area contributed by atoms with E-state index in [0.717, 1.165) is 6.42 Å². The van der Waals surface area contributed by atoms with Gasteiger partial charge in [0.15, 0.2) is 0 Å². The van der Waals surface area contributed by atoms with Crippen molar-refractivity contribution in [1.29, 1.82) is 0 Å². The van der Waals surface area contributed by atoms with E-state index in [1.54, 1.807) is 5.19 Å². The standard InChI is InChI=1S/C15H22O2Si/c1-4-17-15(16)10-12-9-13-7-5-6-8-14(13)18(2,3)11-12/h5-8,12H,4,9-11H2,1-3H3. The van der Waals surface area contributed by atoms with Gasteiger partial charge < -0.3 is 4.74 Å². The molecule has 1 aliphatic heterocycles. The zero-order chi connectivity index (χ0) is 13.2. The fourth-order valence-electron chi connectivity index (χ4n) is 3.17. The van der Waals surface area contributed by atoms with E-state index in [9.17, 15) is 4.79 Å². The number of hydrogen-bond donors (Lipinski definition) is 0. The Kier molecular flexibility index (Phi) is 3.90. The van der Waals surface area contributed by atoms with Crippen molar-refractivity contribution in [3.8, 4) is 0 Å². The van der Waals surface area contributed by atoms with Crippen LogP contribution < -0.4 is 5.19 Å². The molecular formula is C15H22O2Si. The number of fused-ring (bicyclic) bond motifs is 1. The molecule has 0 saturated heterocycles. The minimum atomic E-state index is -1.37. The summed E-state index contributed by atoms with van der Waals surface area (Å²) in [5.74, 6) is 0.437. The minimum Gasteiger partial charge on any atom is -0.466 e. The summed E-state index contributed by atoms with van der Waals surface area (Å²) in [6.07, 6.45) is 1.62. The van der Waals surface area contributed by atoms with E-state index >= 15 is 0 Å². The fourth-order valence-corrected chi connectivity index (χ4v) is 6.73. The first kappa shape index (κ1) is 13.3. The van der Waals surface area contributed by atoms with E-state index in [-0.39, 0.29) is 5.97 Å². The largest absolute Gasteiger partial charge is 0.466 e. The summed E-state index contributed by atoms with van der Waals surface area (Å²) < 4.78 is 5.08. The molecular weight excluding hydrogens is 240 g/mol. The monoisotopic (exact) mass is 262 g/mol. The summed E-state index contributed by atoms with van der Waals surface area (Å²) in [6.45, 7) is 7.17. The number of ether oxygens (including phenoxy) is 1. The van der Waals surface area contributed by atoms with Gasteiger partial charge in [0.2, 0.25) is 0 Å². The Bertz CT molecular complexity index is 440. The predicted molar refractivity (Wildman–Crippen MR) is 76.8 cm³/mol. The molecule has 0 aliphatic carbocycles. The highest BCUT2D eigenvalue weighted by atomic mass is 28.3. The van der Waals surface area contributed by atoms with Crippen LogP contribution in [0.3, 0.4) is 0 Å². The van der Waals surface area contributed by atoms with Crippen LogP contribution >= 0.6 is 0 Å². The maximum absolute atomic E-state index is 11.6. The molecule has 1 aromatic rings. The normalized spacial score (nSPS) is 21.2. The van der Waals surface area contributed by atoms with Crippen molar-refractivity contribution in [3.05, 3.63) is 29.8 Å². The van der Waals surface area contributed by atoms with Gasteiger partial charge in [-0.2, -0.15) is 0 Å². The van der Waals surface area contributed by atoms with E-state index in [4.69, 9.17) is 4.74 Å². The third-order valence-corrected chi connectivity index (χ3v) is 7.36. The van der Waals surface area contributed by atoms with E-state index in [0.29, 0.717) is 18.9 Å². The lowest BCUT2D eigenvalue weighted by atomic mass is 9.97. The molecule has 18 heavy (non-hydrogen) atoms. The van der Waals surface area contributed by atoms with Crippen LogP contribution in [0.5, 0.6) is 0 Å². The SMILES string of the molecule is CCOC(=O)CC1Cc2ccccc2[Si](C)(C)C1. The Morgan fingerprint density at radius 3 is 2.83 bits per heavy atom. The summed E-state index contributed by atoms with van der Waals surface area (Å²) in [6, 6.07) is 9.95. The van der Waals surface area contributed by atoms with Gasteiger partial charge in [-0.1, -0.05) is 42.5 Å². The molecule has 1 heterocycles. The molecule has 0 amide bonds. The smallest absolute Gasteiger partial charge is 0.306 e. The molecule has 0 bridgehead atoms. The van der Waals surface area contributed by atoms with Crippen molar-refractivity contribution in [3.63, 3.8) is 0 Å². The quantitative estimate of drug-likeness (QED) is 0.618. The molecule has 1 aliphatic rings. The molecule has 2 rings (SSSR count). The topological polar surface area (TPSA) is 26.3 Å². The molecule has 2 nitrogen and oxygen atoms in total. The lowest BCUT2D eigenvalue weighted by Crippen LogP contribution is -2.49. The highest BCUT2D eigenvalue weighted by Crippen LogP contribution is 2.29. The maximum atomic E-state index is 11.6. The number of carbonyl (C=O) groups is 1. The van der Waals surface area contributed by atoms with Gasteiger partial charge in [0.25, 0.3) is 0 Å². The zero-order valence-corrected chi connectivity index (χ0v) is 12.5. The number of hydrogen-bond acceptors (Lipinski definition) is 2. The maximum Gasteiger partial charge on any atom is 0.306 e. The third kappa shape index (κ3) is 2.83. The number of rotatable bonds is 3. The van der Waals surface area contributed by atoms with Crippen LogP contribution in [0.15, 0.2) is 24.3 Å². The molecule has 0 fully saturated rings. The number of benzene rings is 1. The van der Waals surface area contributed by atoms with Gasteiger partial charge in [-0.3, -0.25) is 4.79 Å². The molecule has 0 saturated carbocycles. The molecule has 3 heteroatoms. The van der Waals surface area contributed by atoms with Crippen LogP contribution in [0.1, 0.15) is 18.9 Å². The summed E-state index contributed by atoms with van der Waals surface area (Å²) in [4.78, 5) is 11.6. The van der Waals surface area contributed by atoms with Crippen LogP contribution in [-0.2, 0) is 16.0 Å². The van der Waals surface area contributed by atoms with E-state index in [2.05, 4.69) is 37.4 Å². The lowest BCUT2D eigenvalue weighted by molar-refractivity contribution is -0.144. The van der Waals surface area contributed by atoms with Crippen LogP contribution in [0.25, 0.3) is 0 Å². The Morgan fingerprint density at radius 2 is 2.11 bits per heavy atom. The van der Waals surface area contributed by atoms with Crippen LogP contribution in [0, 0.1) is 5.92 Å². The Hall–Kier alpha value is -1.09. The first-order chi connectivity index (χ1) is 8.53. The van der Waals surface area contributed by atoms with E-state index in [1.807, 2.05) is 6.92 Å². The fraction of sp³-hybridized carbons (Fsp3) is 0.533. The lowest BCUT2D eigenvalue weighted by Gasteiger charge is -2.35. The van der Waals surface area contributed by atoms with Gasteiger partial charge in [-0.25, -0.2) is 0 Å². The van der Waals surface area contributed by atoms with Crippen molar-refractivity contribution in [1.82, 2.24) is 0 Å². The van der Waals surface area contributed by atoms with E-state index in [1.165, 1.54) is 11.6 Å². The summed E-state index contributed by atoms with van der Waals surface area (Å²) in [7, 11) is -1.37. The molecule has 1 unspecified atom stereocenters. The second-order valence-electron chi connectivity index (χ2n) is 5.82. The van der Waals surface area contributed by atoms with Crippen molar-refractivity contribution >= 4 is 19.2 Å². The van der Waals surface area contributed by atoms with Crippen molar-refractivity contribution in [2.24, 2.45) is 5.92 Å². The van der Waals surface area contributed by atoms with Crippen LogP contribution in [-0.4, -0.2) is 20.7 Å². The van der Waals surface area contributed by atoms with Crippen molar-refractivity contribution in [2.75, 3.05) is 6.61 Å². The van der Waals surface area contributed by atoms with Crippen molar-refractivity contribution < 1.29 is 9.53 Å². The van der Waals surface area contributed by atoms with Gasteiger partial charge in [0.1, 0.15) is 0 Å². The third-order valence-electron chi connectivity index (χ3n) is 3.81. The highest BCUT2D eigenvalue weighted by molar-refractivity contribution is 6.90. The van der Waals surface area contributed by atoms with Gasteiger partial charge in [-0.05, 0) is 30.9 Å². The minimum absolute atomic E-state index is 0.0355.